The molecule has 0 aliphatic heterocycles. The normalized spacial score (nSPS) is 11.0. The maximum atomic E-state index is 12.7. The summed E-state index contributed by atoms with van der Waals surface area (Å²) in [6.45, 7) is 8.66. The molecular formula is C19H22ClN3O3S. The van der Waals surface area contributed by atoms with Crippen LogP contribution < -0.4 is 16.0 Å². The van der Waals surface area contributed by atoms with Crippen molar-refractivity contribution in [2.45, 2.75) is 34.6 Å². The number of amides is 3. The van der Waals surface area contributed by atoms with E-state index in [4.69, 9.17) is 11.6 Å². The van der Waals surface area contributed by atoms with Gasteiger partial charge < -0.3 is 16.0 Å². The molecule has 1 aromatic heterocycles. The summed E-state index contributed by atoms with van der Waals surface area (Å²) in [7, 11) is 0. The van der Waals surface area contributed by atoms with Crippen LogP contribution in [0, 0.1) is 12.3 Å². The second-order valence-electron chi connectivity index (χ2n) is 7.16. The minimum absolute atomic E-state index is 0.123. The van der Waals surface area contributed by atoms with Crippen molar-refractivity contribution in [1.82, 2.24) is 0 Å². The Hall–Kier alpha value is -2.38. The minimum Gasteiger partial charge on any atom is -0.326 e. The Bertz CT molecular complexity index is 900. The Balaban J connectivity index is 2.19. The van der Waals surface area contributed by atoms with Crippen LogP contribution in [0.3, 0.4) is 0 Å². The number of anilines is 3. The van der Waals surface area contributed by atoms with Crippen LogP contribution in [0.4, 0.5) is 16.4 Å². The van der Waals surface area contributed by atoms with Gasteiger partial charge in [0.15, 0.2) is 0 Å². The third kappa shape index (κ3) is 5.55. The highest BCUT2D eigenvalue weighted by Gasteiger charge is 2.23. The highest BCUT2D eigenvalue weighted by atomic mass is 35.5. The first kappa shape index (κ1) is 20.9. The van der Waals surface area contributed by atoms with E-state index in [9.17, 15) is 14.4 Å². The van der Waals surface area contributed by atoms with E-state index in [0.717, 1.165) is 5.56 Å². The molecule has 0 spiro atoms. The van der Waals surface area contributed by atoms with Crippen LogP contribution in [-0.2, 0) is 9.59 Å². The van der Waals surface area contributed by atoms with Gasteiger partial charge in [-0.3, -0.25) is 14.4 Å². The van der Waals surface area contributed by atoms with Crippen LogP contribution in [-0.4, -0.2) is 17.7 Å². The largest absolute Gasteiger partial charge is 0.326 e. The van der Waals surface area contributed by atoms with Crippen LogP contribution >= 0.6 is 22.9 Å². The lowest BCUT2D eigenvalue weighted by Crippen LogP contribution is -2.27. The molecule has 6 nitrogen and oxygen atoms in total. The molecule has 0 saturated heterocycles. The quantitative estimate of drug-likeness (QED) is 0.673. The van der Waals surface area contributed by atoms with Crippen molar-refractivity contribution < 1.29 is 14.4 Å². The monoisotopic (exact) mass is 407 g/mol. The van der Waals surface area contributed by atoms with E-state index in [1.165, 1.54) is 18.3 Å². The van der Waals surface area contributed by atoms with Gasteiger partial charge in [-0.25, -0.2) is 0 Å². The summed E-state index contributed by atoms with van der Waals surface area (Å²) in [5, 5.41) is 9.19. The number of carbonyl (C=O) groups is 3. The molecular weight excluding hydrogens is 386 g/mol. The number of hydrogen-bond donors (Lipinski definition) is 3. The summed E-state index contributed by atoms with van der Waals surface area (Å²) in [5.74, 6) is -0.680. The summed E-state index contributed by atoms with van der Waals surface area (Å²) in [6.07, 6.45) is 0. The summed E-state index contributed by atoms with van der Waals surface area (Å²) in [6, 6.07) is 6.60. The van der Waals surface area contributed by atoms with Gasteiger partial charge in [0.2, 0.25) is 11.8 Å². The molecule has 144 valence electrons. The Morgan fingerprint density at radius 1 is 1.04 bits per heavy atom. The standard InChI is InChI=1S/C19H22ClN3O3S/c1-10-8-15(23-18(26)19(3,4)5)27-16(10)17(25)22-14-9-12(21-11(2)24)6-7-13(14)20/h6-9H,1-5H3,(H,21,24)(H,22,25)(H,23,26). The molecule has 0 atom stereocenters. The van der Waals surface area contributed by atoms with Crippen LogP contribution in [0.15, 0.2) is 24.3 Å². The molecule has 27 heavy (non-hydrogen) atoms. The van der Waals surface area contributed by atoms with E-state index in [0.29, 0.717) is 26.3 Å². The van der Waals surface area contributed by atoms with Crippen LogP contribution in [0.1, 0.15) is 42.9 Å². The zero-order valence-electron chi connectivity index (χ0n) is 15.8. The van der Waals surface area contributed by atoms with Crippen LogP contribution in [0.5, 0.6) is 0 Å². The number of halogens is 1. The summed E-state index contributed by atoms with van der Waals surface area (Å²) in [4.78, 5) is 36.5. The molecule has 2 aromatic rings. The van der Waals surface area contributed by atoms with E-state index in [1.807, 2.05) is 20.8 Å². The van der Waals surface area contributed by atoms with E-state index in [1.54, 1.807) is 31.2 Å². The lowest BCUT2D eigenvalue weighted by Gasteiger charge is -2.16. The second kappa shape index (κ2) is 8.10. The molecule has 1 heterocycles. The number of rotatable bonds is 4. The zero-order chi connectivity index (χ0) is 20.4. The van der Waals surface area contributed by atoms with Crippen molar-refractivity contribution in [3.05, 3.63) is 39.7 Å². The number of aryl methyl sites for hydroxylation is 1. The average Bonchev–Trinajstić information content (AvgIpc) is 2.89. The first-order valence-corrected chi connectivity index (χ1v) is 9.47. The lowest BCUT2D eigenvalue weighted by atomic mass is 9.96. The minimum atomic E-state index is -0.530. The molecule has 8 heteroatoms. The molecule has 0 aliphatic carbocycles. The number of thiophene rings is 1. The molecule has 0 unspecified atom stereocenters. The lowest BCUT2D eigenvalue weighted by molar-refractivity contribution is -0.123. The summed E-state index contributed by atoms with van der Waals surface area (Å²) < 4.78 is 0. The summed E-state index contributed by atoms with van der Waals surface area (Å²) >= 11 is 7.34. The van der Waals surface area contributed by atoms with Gasteiger partial charge >= 0.3 is 0 Å². The zero-order valence-corrected chi connectivity index (χ0v) is 17.4. The van der Waals surface area contributed by atoms with Gasteiger partial charge in [-0.15, -0.1) is 11.3 Å². The van der Waals surface area contributed by atoms with Gasteiger partial charge in [-0.2, -0.15) is 0 Å². The maximum absolute atomic E-state index is 12.7. The topological polar surface area (TPSA) is 87.3 Å². The Morgan fingerprint density at radius 2 is 1.70 bits per heavy atom. The first-order chi connectivity index (χ1) is 12.5. The first-order valence-electron chi connectivity index (χ1n) is 8.27. The summed E-state index contributed by atoms with van der Waals surface area (Å²) in [5.41, 5.74) is 1.14. The third-order valence-corrected chi connectivity index (χ3v) is 5.06. The predicted octanol–water partition coefficient (Wildman–Crippen LogP) is 4.91. The number of hydrogen-bond acceptors (Lipinski definition) is 4. The molecule has 3 N–H and O–H groups in total. The fourth-order valence-electron chi connectivity index (χ4n) is 2.15. The van der Waals surface area contributed by atoms with Crippen molar-refractivity contribution in [3.8, 4) is 0 Å². The molecule has 0 saturated carbocycles. The van der Waals surface area contributed by atoms with Crippen molar-refractivity contribution >= 4 is 57.0 Å². The van der Waals surface area contributed by atoms with Crippen molar-refractivity contribution in [3.63, 3.8) is 0 Å². The van der Waals surface area contributed by atoms with E-state index < -0.39 is 5.41 Å². The SMILES string of the molecule is CC(=O)Nc1ccc(Cl)c(NC(=O)c2sc(NC(=O)C(C)(C)C)cc2C)c1. The van der Waals surface area contributed by atoms with Gasteiger partial charge in [-0.05, 0) is 36.8 Å². The Labute approximate surface area is 167 Å². The molecule has 1 aromatic carbocycles. The highest BCUT2D eigenvalue weighted by Crippen LogP contribution is 2.31. The van der Waals surface area contributed by atoms with E-state index in [-0.39, 0.29) is 17.7 Å². The predicted molar refractivity (Wildman–Crippen MR) is 111 cm³/mol. The van der Waals surface area contributed by atoms with Crippen molar-refractivity contribution in [1.29, 1.82) is 0 Å². The Morgan fingerprint density at radius 3 is 2.30 bits per heavy atom. The maximum Gasteiger partial charge on any atom is 0.266 e. The fourth-order valence-corrected chi connectivity index (χ4v) is 3.28. The third-order valence-electron chi connectivity index (χ3n) is 3.58. The molecule has 0 bridgehead atoms. The van der Waals surface area contributed by atoms with E-state index in [2.05, 4.69) is 16.0 Å². The number of carbonyl (C=O) groups excluding carboxylic acids is 3. The Kier molecular flexibility index (Phi) is 6.28. The molecule has 0 radical (unpaired) electrons. The van der Waals surface area contributed by atoms with Crippen molar-refractivity contribution in [2.24, 2.45) is 5.41 Å². The second-order valence-corrected chi connectivity index (χ2v) is 8.62. The number of benzene rings is 1. The molecule has 2 rings (SSSR count). The molecule has 3 amide bonds. The number of nitrogens with one attached hydrogen (secondary N) is 3. The van der Waals surface area contributed by atoms with Gasteiger partial charge in [0.25, 0.3) is 5.91 Å². The molecule has 0 fully saturated rings. The van der Waals surface area contributed by atoms with Gasteiger partial charge in [0, 0.05) is 18.0 Å². The highest BCUT2D eigenvalue weighted by molar-refractivity contribution is 7.18. The van der Waals surface area contributed by atoms with E-state index >= 15 is 0 Å². The van der Waals surface area contributed by atoms with Crippen molar-refractivity contribution in [2.75, 3.05) is 16.0 Å². The van der Waals surface area contributed by atoms with Crippen LogP contribution in [0.2, 0.25) is 5.02 Å². The van der Waals surface area contributed by atoms with Gasteiger partial charge in [0.1, 0.15) is 0 Å². The van der Waals surface area contributed by atoms with Crippen LogP contribution in [0.25, 0.3) is 0 Å². The molecule has 0 aliphatic rings. The van der Waals surface area contributed by atoms with Gasteiger partial charge in [0.05, 0.1) is 20.6 Å². The smallest absolute Gasteiger partial charge is 0.266 e. The fraction of sp³-hybridized carbons (Fsp3) is 0.316. The average molecular weight is 408 g/mol. The van der Waals surface area contributed by atoms with Gasteiger partial charge in [-0.1, -0.05) is 32.4 Å².